The summed E-state index contributed by atoms with van der Waals surface area (Å²) in [5, 5.41) is 1.82. The van der Waals surface area contributed by atoms with Crippen LogP contribution in [0.5, 0.6) is 0 Å². The monoisotopic (exact) mass is 865 g/mol. The number of imidazole rings is 1. The van der Waals surface area contributed by atoms with Gasteiger partial charge in [0, 0.05) is 5.38 Å². The number of phosphoric acid groups is 2. The SMILES string of the molecule is CC1(C)O[C@@H]2[C@H](O1)[C@@H](COP(=O)(O)OP(=O)(O)OC[C@H]1O[C@@H](c3nc(C(N)=O)cs3)[C@@H]3OC(C)(C)O[C@@H]31)O[C@H]2n1cnc2c(N)nc(N)nc21.CCN(CC)CC. The molecule has 2 unspecified atom stereocenters. The lowest BCUT2D eigenvalue weighted by atomic mass is 10.1. The van der Waals surface area contributed by atoms with Crippen molar-refractivity contribution in [2.24, 2.45) is 5.73 Å². The third kappa shape index (κ3) is 9.83. The summed E-state index contributed by atoms with van der Waals surface area (Å²) in [5.41, 5.74) is 17.6. The highest BCUT2D eigenvalue weighted by Crippen LogP contribution is 2.61. The summed E-state index contributed by atoms with van der Waals surface area (Å²) >= 11 is 1.10. The smallest absolute Gasteiger partial charge is 0.382 e. The van der Waals surface area contributed by atoms with Crippen LogP contribution in [0.25, 0.3) is 11.2 Å². The van der Waals surface area contributed by atoms with E-state index in [4.69, 9.17) is 54.7 Å². The van der Waals surface area contributed by atoms with Crippen molar-refractivity contribution in [1.29, 1.82) is 0 Å². The highest BCUT2D eigenvalue weighted by Gasteiger charge is 2.58. The maximum absolute atomic E-state index is 12.9. The van der Waals surface area contributed by atoms with Gasteiger partial charge in [-0.2, -0.15) is 14.3 Å². The average Bonchev–Trinajstić information content (AvgIpc) is 3.95. The molecule has 4 aliphatic rings. The van der Waals surface area contributed by atoms with Gasteiger partial charge >= 0.3 is 15.6 Å². The van der Waals surface area contributed by atoms with Gasteiger partial charge in [0.15, 0.2) is 29.3 Å². The van der Waals surface area contributed by atoms with Gasteiger partial charge < -0.3 is 60.3 Å². The molecule has 57 heavy (non-hydrogen) atoms. The number of nitrogens with zero attached hydrogens (tertiary/aromatic N) is 6. The second-order valence-corrected chi connectivity index (χ2v) is 18.2. The molecule has 10 atom stereocenters. The van der Waals surface area contributed by atoms with Crippen LogP contribution in [0, 0.1) is 0 Å². The number of primary amides is 1. The number of hydrogen-bond acceptors (Lipinski definition) is 20. The van der Waals surface area contributed by atoms with Crippen LogP contribution in [-0.2, 0) is 50.9 Å². The van der Waals surface area contributed by atoms with Crippen LogP contribution in [0.15, 0.2) is 11.7 Å². The van der Waals surface area contributed by atoms with Crippen LogP contribution < -0.4 is 17.2 Å². The zero-order chi connectivity index (χ0) is 41.7. The summed E-state index contributed by atoms with van der Waals surface area (Å²) in [6, 6.07) is 0. The predicted octanol–water partition coefficient (Wildman–Crippen LogP) is 2.22. The molecule has 7 rings (SSSR count). The van der Waals surface area contributed by atoms with Gasteiger partial charge in [-0.1, -0.05) is 20.8 Å². The fourth-order valence-corrected chi connectivity index (χ4v) is 9.86. The summed E-state index contributed by atoms with van der Waals surface area (Å²) in [4.78, 5) is 51.3. The molecule has 3 aromatic rings. The lowest BCUT2D eigenvalue weighted by Crippen LogP contribution is -2.33. The molecule has 23 nitrogen and oxygen atoms in total. The number of anilines is 2. The number of phosphoric ester groups is 2. The Balaban J connectivity index is 0.000000719. The van der Waals surface area contributed by atoms with E-state index in [0.717, 1.165) is 11.3 Å². The minimum absolute atomic E-state index is 0.0277. The van der Waals surface area contributed by atoms with Gasteiger partial charge in [0.25, 0.3) is 5.91 Å². The molecule has 26 heteroatoms. The Morgan fingerprint density at radius 1 is 0.877 bits per heavy atom. The van der Waals surface area contributed by atoms with E-state index in [-0.39, 0.29) is 28.6 Å². The van der Waals surface area contributed by atoms with Crippen LogP contribution in [0.3, 0.4) is 0 Å². The first-order valence-electron chi connectivity index (χ1n) is 18.1. The number of hydrogen-bond donors (Lipinski definition) is 5. The normalized spacial score (nSPS) is 30.8. The van der Waals surface area contributed by atoms with E-state index in [1.165, 1.54) is 35.9 Å². The van der Waals surface area contributed by atoms with Crippen molar-refractivity contribution in [2.75, 3.05) is 44.3 Å². The third-order valence-corrected chi connectivity index (χ3v) is 12.9. The molecule has 0 aromatic carbocycles. The Morgan fingerprint density at radius 2 is 1.42 bits per heavy atom. The zero-order valence-corrected chi connectivity index (χ0v) is 34.9. The number of amides is 1. The van der Waals surface area contributed by atoms with Crippen LogP contribution in [0.1, 0.15) is 76.3 Å². The summed E-state index contributed by atoms with van der Waals surface area (Å²) in [5.74, 6) is -2.93. The molecule has 0 radical (unpaired) electrons. The van der Waals surface area contributed by atoms with Crippen molar-refractivity contribution in [1.82, 2.24) is 29.4 Å². The quantitative estimate of drug-likeness (QED) is 0.145. The van der Waals surface area contributed by atoms with Crippen molar-refractivity contribution < 1.29 is 65.5 Å². The van der Waals surface area contributed by atoms with E-state index in [1.807, 2.05) is 0 Å². The van der Waals surface area contributed by atoms with Crippen molar-refractivity contribution >= 4 is 55.8 Å². The molecule has 4 fully saturated rings. The van der Waals surface area contributed by atoms with Gasteiger partial charge in [-0.05, 0) is 47.3 Å². The summed E-state index contributed by atoms with van der Waals surface area (Å²) in [7, 11) is -10.5. The number of rotatable bonds is 14. The number of carbonyl (C=O) groups excluding carboxylic acids is 1. The first-order chi connectivity index (χ1) is 26.6. The van der Waals surface area contributed by atoms with Crippen molar-refractivity contribution in [3.05, 3.63) is 22.4 Å². The Morgan fingerprint density at radius 3 is 1.96 bits per heavy atom. The lowest BCUT2D eigenvalue weighted by Gasteiger charge is -2.25. The number of fused-ring (bicyclic) bond motifs is 3. The largest absolute Gasteiger partial charge is 0.481 e. The van der Waals surface area contributed by atoms with Gasteiger partial charge in [-0.25, -0.2) is 19.1 Å². The number of nitrogens with two attached hydrogens (primary N) is 3. The topological polar surface area (TPSA) is 313 Å². The Kier molecular flexibility index (Phi) is 12.8. The fraction of sp³-hybridized carbons (Fsp3) is 0.710. The van der Waals surface area contributed by atoms with Crippen LogP contribution in [0.2, 0.25) is 0 Å². The molecule has 0 aliphatic carbocycles. The number of aromatic nitrogens is 5. The summed E-state index contributed by atoms with van der Waals surface area (Å²) < 4.78 is 78.0. The Bertz CT molecular complexity index is 2010. The average molecular weight is 866 g/mol. The summed E-state index contributed by atoms with van der Waals surface area (Å²) in [6.45, 7) is 15.5. The first-order valence-corrected chi connectivity index (χ1v) is 21.9. The standard InChI is InChI=1S/C25H34N8O14P2S.C6H15N/c1-24(2)43-13-10(41-16(15(13)45-24)21-30-9(7-50-21)19(27)34)5-39-48(35,36)47-49(37,38)40-6-11-14-17(46-25(3,4)44-14)22(42-11)33-8-29-12-18(26)31-23(28)32-20(12)33;1-4-7(5-2)6-3/h7-8,10-11,13-17,22H,5-6H2,1-4H3,(H2,27,34)(H,35,36)(H,37,38)(H4,26,28,31,32);4-6H2,1-3H3/t10-,11-,13-,14-,15-,16-,17-,22-;/m1./s1. The molecule has 0 spiro atoms. The molecule has 318 valence electrons. The first kappa shape index (κ1) is 43.8. The molecule has 8 N–H and O–H groups in total. The fourth-order valence-electron chi connectivity index (χ4n) is 6.89. The number of carbonyl (C=O) groups is 1. The van der Waals surface area contributed by atoms with E-state index in [2.05, 4.69) is 49.9 Å². The molecule has 0 bridgehead atoms. The number of nitrogen functional groups attached to an aromatic ring is 2. The molecular formula is C31H49N9O14P2S. The molecule has 1 amide bonds. The van der Waals surface area contributed by atoms with Crippen molar-refractivity contribution in [2.45, 2.75) is 109 Å². The van der Waals surface area contributed by atoms with Crippen molar-refractivity contribution in [3.8, 4) is 0 Å². The highest BCUT2D eigenvalue weighted by molar-refractivity contribution is 7.61. The van der Waals surface area contributed by atoms with E-state index >= 15 is 0 Å². The highest BCUT2D eigenvalue weighted by atomic mass is 32.1. The third-order valence-electron chi connectivity index (χ3n) is 9.38. The van der Waals surface area contributed by atoms with Crippen LogP contribution >= 0.6 is 27.0 Å². The molecule has 4 saturated heterocycles. The molecular weight excluding hydrogens is 816 g/mol. The number of thiazole rings is 1. The molecule has 7 heterocycles. The van der Waals surface area contributed by atoms with Gasteiger partial charge in [-0.3, -0.25) is 18.4 Å². The lowest BCUT2D eigenvalue weighted by molar-refractivity contribution is -0.199. The molecule has 4 aliphatic heterocycles. The van der Waals surface area contributed by atoms with E-state index in [0.29, 0.717) is 5.01 Å². The number of ether oxygens (including phenoxy) is 6. The van der Waals surface area contributed by atoms with Gasteiger partial charge in [0.2, 0.25) is 5.95 Å². The van der Waals surface area contributed by atoms with E-state index in [9.17, 15) is 23.7 Å². The zero-order valence-electron chi connectivity index (χ0n) is 32.3. The second kappa shape index (κ2) is 16.7. The van der Waals surface area contributed by atoms with Gasteiger partial charge in [0.1, 0.15) is 58.9 Å². The molecule has 0 saturated carbocycles. The Hall–Kier alpha value is -2.77. The Labute approximate surface area is 331 Å². The van der Waals surface area contributed by atoms with Crippen LogP contribution in [-0.4, -0.2) is 126 Å². The molecule has 3 aromatic heterocycles. The van der Waals surface area contributed by atoms with E-state index < -0.39 is 95.3 Å². The van der Waals surface area contributed by atoms with Crippen LogP contribution in [0.4, 0.5) is 11.8 Å². The van der Waals surface area contributed by atoms with E-state index in [1.54, 1.807) is 27.7 Å². The minimum Gasteiger partial charge on any atom is -0.382 e. The predicted molar refractivity (Wildman–Crippen MR) is 200 cm³/mol. The maximum atomic E-state index is 12.9. The van der Waals surface area contributed by atoms with Crippen molar-refractivity contribution in [3.63, 3.8) is 0 Å². The summed E-state index contributed by atoms with van der Waals surface area (Å²) in [6.07, 6.45) is -5.60. The van der Waals surface area contributed by atoms with Gasteiger partial charge in [-0.15, -0.1) is 11.3 Å². The maximum Gasteiger partial charge on any atom is 0.481 e. The minimum atomic E-state index is -5.27. The second-order valence-electron chi connectivity index (χ2n) is 14.2. The van der Waals surface area contributed by atoms with Gasteiger partial charge in [0.05, 0.1) is 19.5 Å².